The minimum atomic E-state index is -0.246. The van der Waals surface area contributed by atoms with Gasteiger partial charge in [-0.2, -0.15) is 0 Å². The Bertz CT molecular complexity index is 416. The van der Waals surface area contributed by atoms with Crippen LogP contribution in [-0.2, 0) is 9.53 Å². The molecular formula is C15H24N2O2. The lowest BCUT2D eigenvalue weighted by atomic mass is 9.64. The zero-order valence-corrected chi connectivity index (χ0v) is 12.0. The fourth-order valence-corrected chi connectivity index (χ4v) is 4.57. The lowest BCUT2D eigenvalue weighted by Crippen LogP contribution is -2.48. The number of carbonyl (C=O) groups excluding carboxylic acids is 1. The average Bonchev–Trinajstić information content (AvgIpc) is 2.85. The molecule has 5 atom stereocenters. The van der Waals surface area contributed by atoms with Crippen LogP contribution in [0.4, 0.5) is 0 Å². The molecule has 3 unspecified atom stereocenters. The second kappa shape index (κ2) is 4.32. The maximum absolute atomic E-state index is 12.3. The van der Waals surface area contributed by atoms with Crippen molar-refractivity contribution in [2.45, 2.75) is 37.8 Å². The molecule has 19 heavy (non-hydrogen) atoms. The highest BCUT2D eigenvalue weighted by molar-refractivity contribution is 5.77. The third-order valence-electron chi connectivity index (χ3n) is 5.31. The number of esters is 1. The van der Waals surface area contributed by atoms with E-state index in [1.807, 2.05) is 0 Å². The number of methoxy groups -OCH3 is 1. The van der Waals surface area contributed by atoms with Crippen LogP contribution in [-0.4, -0.2) is 37.2 Å². The summed E-state index contributed by atoms with van der Waals surface area (Å²) in [5, 5.41) is 7.13. The van der Waals surface area contributed by atoms with Gasteiger partial charge in [0.1, 0.15) is 0 Å². The fourth-order valence-electron chi connectivity index (χ4n) is 4.57. The van der Waals surface area contributed by atoms with E-state index in [4.69, 9.17) is 4.74 Å². The van der Waals surface area contributed by atoms with Gasteiger partial charge in [0.2, 0.25) is 0 Å². The summed E-state index contributed by atoms with van der Waals surface area (Å²) in [6, 6.07) is 0. The van der Waals surface area contributed by atoms with Gasteiger partial charge in [0.05, 0.1) is 13.0 Å². The van der Waals surface area contributed by atoms with Crippen molar-refractivity contribution in [3.8, 4) is 0 Å². The molecule has 0 aliphatic carbocycles. The van der Waals surface area contributed by atoms with Crippen molar-refractivity contribution in [3.63, 3.8) is 0 Å². The van der Waals surface area contributed by atoms with E-state index < -0.39 is 0 Å². The Morgan fingerprint density at radius 2 is 2.05 bits per heavy atom. The topological polar surface area (TPSA) is 50.4 Å². The molecule has 2 bridgehead atoms. The molecule has 3 aliphatic heterocycles. The summed E-state index contributed by atoms with van der Waals surface area (Å²) >= 11 is 0. The number of piperidine rings is 1. The van der Waals surface area contributed by atoms with Crippen molar-refractivity contribution in [3.05, 3.63) is 12.2 Å². The van der Waals surface area contributed by atoms with Crippen molar-refractivity contribution >= 4 is 5.97 Å². The molecule has 0 spiro atoms. The second-order valence-corrected chi connectivity index (χ2v) is 6.66. The SMILES string of the molecule is COC(=O)C1C(C2CCCNC2)[C@@]2(C)C=C[C@]1(C)N2. The predicted molar refractivity (Wildman–Crippen MR) is 73.7 cm³/mol. The Kier molecular flexibility index (Phi) is 2.98. The van der Waals surface area contributed by atoms with E-state index in [-0.39, 0.29) is 23.0 Å². The first-order chi connectivity index (χ1) is 9.00. The van der Waals surface area contributed by atoms with Crippen LogP contribution in [0.15, 0.2) is 12.2 Å². The summed E-state index contributed by atoms with van der Waals surface area (Å²) in [7, 11) is 1.50. The van der Waals surface area contributed by atoms with Gasteiger partial charge in [-0.1, -0.05) is 12.2 Å². The molecule has 2 N–H and O–H groups in total. The van der Waals surface area contributed by atoms with Gasteiger partial charge in [-0.15, -0.1) is 0 Å². The smallest absolute Gasteiger partial charge is 0.311 e. The third kappa shape index (κ3) is 1.84. The van der Waals surface area contributed by atoms with Gasteiger partial charge >= 0.3 is 5.97 Å². The minimum Gasteiger partial charge on any atom is -0.469 e. The normalized spacial score (nSPS) is 48.5. The summed E-state index contributed by atoms with van der Waals surface area (Å²) < 4.78 is 5.08. The van der Waals surface area contributed by atoms with Crippen LogP contribution in [0, 0.1) is 17.8 Å². The second-order valence-electron chi connectivity index (χ2n) is 6.66. The Labute approximate surface area is 115 Å². The Morgan fingerprint density at radius 3 is 2.68 bits per heavy atom. The van der Waals surface area contributed by atoms with Gasteiger partial charge in [0.15, 0.2) is 0 Å². The van der Waals surface area contributed by atoms with Crippen LogP contribution in [0.2, 0.25) is 0 Å². The van der Waals surface area contributed by atoms with E-state index >= 15 is 0 Å². The minimum absolute atomic E-state index is 0.0707. The van der Waals surface area contributed by atoms with Gasteiger partial charge < -0.3 is 10.1 Å². The molecule has 4 heteroatoms. The molecule has 0 aromatic rings. The summed E-state index contributed by atoms with van der Waals surface area (Å²) in [5.41, 5.74) is -0.318. The van der Waals surface area contributed by atoms with Crippen LogP contribution in [0.5, 0.6) is 0 Å². The largest absolute Gasteiger partial charge is 0.469 e. The van der Waals surface area contributed by atoms with Crippen LogP contribution in [0.25, 0.3) is 0 Å². The standard InChI is InChI=1S/C15H24N2O2/c1-14-6-7-15(2,17-14)12(13(18)19-3)11(14)10-5-4-8-16-9-10/h6-7,10-12,16-17H,4-5,8-9H2,1-3H3/t10?,11?,12?,14-,15+/m1/s1. The summed E-state index contributed by atoms with van der Waals surface area (Å²) in [4.78, 5) is 12.3. The van der Waals surface area contributed by atoms with Crippen molar-refractivity contribution in [1.29, 1.82) is 0 Å². The molecule has 3 aliphatic rings. The molecule has 4 nitrogen and oxygen atoms in total. The zero-order valence-electron chi connectivity index (χ0n) is 12.0. The summed E-state index contributed by atoms with van der Waals surface area (Å²) in [6.07, 6.45) is 6.81. The maximum atomic E-state index is 12.3. The summed E-state index contributed by atoms with van der Waals surface area (Å²) in [6.45, 7) is 6.45. The molecule has 2 saturated heterocycles. The number of ether oxygens (including phenoxy) is 1. The first kappa shape index (κ1) is 13.1. The Morgan fingerprint density at radius 1 is 1.32 bits per heavy atom. The highest BCUT2D eigenvalue weighted by Crippen LogP contribution is 2.52. The van der Waals surface area contributed by atoms with E-state index in [9.17, 15) is 4.79 Å². The van der Waals surface area contributed by atoms with E-state index in [1.54, 1.807) is 0 Å². The van der Waals surface area contributed by atoms with E-state index in [0.29, 0.717) is 11.8 Å². The number of carbonyl (C=O) groups is 1. The molecule has 0 radical (unpaired) electrons. The highest BCUT2D eigenvalue weighted by Gasteiger charge is 2.63. The highest BCUT2D eigenvalue weighted by atomic mass is 16.5. The van der Waals surface area contributed by atoms with Crippen molar-refractivity contribution in [2.24, 2.45) is 17.8 Å². The van der Waals surface area contributed by atoms with Crippen molar-refractivity contribution in [1.82, 2.24) is 10.6 Å². The average molecular weight is 264 g/mol. The van der Waals surface area contributed by atoms with E-state index in [0.717, 1.165) is 13.1 Å². The van der Waals surface area contributed by atoms with Gasteiger partial charge in [0.25, 0.3) is 0 Å². The molecule has 106 valence electrons. The van der Waals surface area contributed by atoms with Crippen LogP contribution in [0.3, 0.4) is 0 Å². The molecule has 0 amide bonds. The van der Waals surface area contributed by atoms with Gasteiger partial charge in [-0.25, -0.2) is 0 Å². The van der Waals surface area contributed by atoms with Crippen LogP contribution < -0.4 is 10.6 Å². The Hall–Kier alpha value is -0.870. The monoisotopic (exact) mass is 264 g/mol. The molecule has 2 fully saturated rings. The molecule has 0 saturated carbocycles. The molecule has 0 aromatic heterocycles. The number of nitrogens with one attached hydrogen (secondary N) is 2. The van der Waals surface area contributed by atoms with Gasteiger partial charge in [-0.3, -0.25) is 10.1 Å². The zero-order chi connectivity index (χ0) is 13.7. The quantitative estimate of drug-likeness (QED) is 0.579. The van der Waals surface area contributed by atoms with Gasteiger partial charge in [0, 0.05) is 11.1 Å². The van der Waals surface area contributed by atoms with E-state index in [1.165, 1.54) is 20.0 Å². The number of rotatable bonds is 2. The first-order valence-corrected chi connectivity index (χ1v) is 7.28. The third-order valence-corrected chi connectivity index (χ3v) is 5.31. The number of fused-ring (bicyclic) bond motifs is 2. The summed E-state index contributed by atoms with van der Waals surface area (Å²) in [5.74, 6) is 0.723. The lowest BCUT2D eigenvalue weighted by Gasteiger charge is -2.40. The van der Waals surface area contributed by atoms with Crippen molar-refractivity contribution < 1.29 is 9.53 Å². The van der Waals surface area contributed by atoms with Crippen molar-refractivity contribution in [2.75, 3.05) is 20.2 Å². The Balaban J connectivity index is 1.95. The maximum Gasteiger partial charge on any atom is 0.311 e. The van der Waals surface area contributed by atoms with Gasteiger partial charge in [-0.05, 0) is 51.6 Å². The molecule has 3 heterocycles. The van der Waals surface area contributed by atoms with Crippen LogP contribution in [0.1, 0.15) is 26.7 Å². The lowest BCUT2D eigenvalue weighted by molar-refractivity contribution is -0.149. The molecule has 3 rings (SSSR count). The predicted octanol–water partition coefficient (Wildman–Crippen LogP) is 1.08. The first-order valence-electron chi connectivity index (χ1n) is 7.28. The molecular weight excluding hydrogens is 240 g/mol. The fraction of sp³-hybridized carbons (Fsp3) is 0.800. The molecule has 0 aromatic carbocycles. The number of hydrogen-bond donors (Lipinski definition) is 2. The number of hydrogen-bond acceptors (Lipinski definition) is 4. The van der Waals surface area contributed by atoms with E-state index in [2.05, 4.69) is 36.6 Å². The van der Waals surface area contributed by atoms with Crippen LogP contribution >= 0.6 is 0 Å².